The molecule has 0 spiro atoms. The minimum Gasteiger partial charge on any atom is -0.352 e. The first-order valence-corrected chi connectivity index (χ1v) is 6.85. The monoisotopic (exact) mass is 271 g/mol. The summed E-state index contributed by atoms with van der Waals surface area (Å²) in [5.41, 5.74) is 0.874. The maximum absolute atomic E-state index is 12.3. The predicted molar refractivity (Wildman–Crippen MR) is 77.9 cm³/mol. The number of carbonyl (C=O) groups excluding carboxylic acids is 1. The van der Waals surface area contributed by atoms with Crippen molar-refractivity contribution in [2.75, 3.05) is 19.6 Å². The van der Waals surface area contributed by atoms with Crippen LogP contribution in [0.25, 0.3) is 10.9 Å². The minimum atomic E-state index is -0.253. The van der Waals surface area contributed by atoms with Gasteiger partial charge >= 0.3 is 0 Å². The summed E-state index contributed by atoms with van der Waals surface area (Å²) in [5, 5.41) is 6.97. The molecule has 1 aliphatic heterocycles. The molecule has 3 rings (SSSR count). The van der Waals surface area contributed by atoms with E-state index in [1.807, 2.05) is 18.2 Å². The molecule has 5 nitrogen and oxygen atoms in total. The molecule has 2 heterocycles. The Morgan fingerprint density at radius 1 is 1.35 bits per heavy atom. The Hall–Kier alpha value is -2.14. The van der Waals surface area contributed by atoms with Crippen molar-refractivity contribution in [2.45, 2.75) is 6.42 Å². The lowest BCUT2D eigenvalue weighted by Crippen LogP contribution is -2.31. The lowest BCUT2D eigenvalue weighted by Gasteiger charge is -2.11. The van der Waals surface area contributed by atoms with E-state index >= 15 is 0 Å². The van der Waals surface area contributed by atoms with E-state index < -0.39 is 0 Å². The molecule has 1 amide bonds. The first-order valence-electron chi connectivity index (χ1n) is 6.85. The SMILES string of the molecule is O=C(NCC1CCNC1)c1cc(=O)[nH]c2ccccc12. The number of H-pyrrole nitrogens is 1. The van der Waals surface area contributed by atoms with Gasteiger partial charge in [0.25, 0.3) is 5.91 Å². The van der Waals surface area contributed by atoms with Crippen LogP contribution >= 0.6 is 0 Å². The van der Waals surface area contributed by atoms with Gasteiger partial charge in [-0.3, -0.25) is 9.59 Å². The van der Waals surface area contributed by atoms with Crippen molar-refractivity contribution < 1.29 is 4.79 Å². The fraction of sp³-hybridized carbons (Fsp3) is 0.333. The van der Waals surface area contributed by atoms with Crippen molar-refractivity contribution in [1.29, 1.82) is 0 Å². The van der Waals surface area contributed by atoms with Crippen LogP contribution in [0, 0.1) is 5.92 Å². The number of fused-ring (bicyclic) bond motifs is 1. The van der Waals surface area contributed by atoms with E-state index in [1.54, 1.807) is 6.07 Å². The molecular formula is C15H17N3O2. The number of hydrogen-bond acceptors (Lipinski definition) is 3. The molecule has 1 saturated heterocycles. The quantitative estimate of drug-likeness (QED) is 0.775. The molecular weight excluding hydrogens is 254 g/mol. The van der Waals surface area contributed by atoms with Crippen LogP contribution in [0.3, 0.4) is 0 Å². The zero-order valence-corrected chi connectivity index (χ0v) is 11.1. The van der Waals surface area contributed by atoms with Crippen molar-refractivity contribution in [3.8, 4) is 0 Å². The molecule has 2 aromatic rings. The Labute approximate surface area is 116 Å². The van der Waals surface area contributed by atoms with E-state index in [0.29, 0.717) is 23.5 Å². The third kappa shape index (κ3) is 2.58. The Morgan fingerprint density at radius 2 is 2.20 bits per heavy atom. The average molecular weight is 271 g/mol. The second-order valence-electron chi connectivity index (χ2n) is 5.16. The van der Waals surface area contributed by atoms with Gasteiger partial charge in [0.05, 0.1) is 5.56 Å². The number of rotatable bonds is 3. The number of nitrogens with one attached hydrogen (secondary N) is 3. The fourth-order valence-corrected chi connectivity index (χ4v) is 2.61. The molecule has 0 radical (unpaired) electrons. The number of benzene rings is 1. The molecule has 1 aromatic heterocycles. The van der Waals surface area contributed by atoms with Crippen LogP contribution in [-0.4, -0.2) is 30.5 Å². The number of para-hydroxylation sites is 1. The van der Waals surface area contributed by atoms with E-state index in [-0.39, 0.29) is 11.5 Å². The van der Waals surface area contributed by atoms with E-state index in [1.165, 1.54) is 6.07 Å². The van der Waals surface area contributed by atoms with E-state index in [4.69, 9.17) is 0 Å². The lowest BCUT2D eigenvalue weighted by atomic mass is 10.1. The Kier molecular flexibility index (Phi) is 3.52. The van der Waals surface area contributed by atoms with Crippen LogP contribution in [0.15, 0.2) is 35.1 Å². The summed E-state index contributed by atoms with van der Waals surface area (Å²) >= 11 is 0. The van der Waals surface area contributed by atoms with Crippen molar-refractivity contribution in [2.24, 2.45) is 5.92 Å². The molecule has 1 fully saturated rings. The zero-order valence-electron chi connectivity index (χ0n) is 11.1. The Bertz CT molecular complexity index is 687. The third-order valence-corrected chi connectivity index (χ3v) is 3.71. The van der Waals surface area contributed by atoms with Crippen LogP contribution in [0.2, 0.25) is 0 Å². The molecule has 5 heteroatoms. The first-order chi connectivity index (χ1) is 9.74. The van der Waals surface area contributed by atoms with Crippen molar-refractivity contribution in [1.82, 2.24) is 15.6 Å². The van der Waals surface area contributed by atoms with Gasteiger partial charge in [0.15, 0.2) is 0 Å². The molecule has 1 atom stereocenters. The maximum Gasteiger partial charge on any atom is 0.252 e. The number of carbonyl (C=O) groups is 1. The zero-order chi connectivity index (χ0) is 13.9. The molecule has 104 valence electrons. The van der Waals surface area contributed by atoms with Crippen LogP contribution < -0.4 is 16.2 Å². The summed E-state index contributed by atoms with van der Waals surface area (Å²) in [5.74, 6) is 0.298. The number of pyridine rings is 1. The summed E-state index contributed by atoms with van der Waals surface area (Å²) in [6.07, 6.45) is 1.08. The number of aromatic amines is 1. The van der Waals surface area contributed by atoms with Gasteiger partial charge in [0.1, 0.15) is 0 Å². The summed E-state index contributed by atoms with van der Waals surface area (Å²) in [6, 6.07) is 8.71. The molecule has 20 heavy (non-hydrogen) atoms. The molecule has 3 N–H and O–H groups in total. The molecule has 0 aliphatic carbocycles. The topological polar surface area (TPSA) is 74.0 Å². The van der Waals surface area contributed by atoms with Crippen molar-refractivity contribution in [3.63, 3.8) is 0 Å². The summed E-state index contributed by atoms with van der Waals surface area (Å²) in [6.45, 7) is 2.60. The number of hydrogen-bond donors (Lipinski definition) is 3. The van der Waals surface area contributed by atoms with Gasteiger partial charge < -0.3 is 15.6 Å². The predicted octanol–water partition coefficient (Wildman–Crippen LogP) is 0.867. The van der Waals surface area contributed by atoms with Crippen LogP contribution in [0.1, 0.15) is 16.8 Å². The van der Waals surface area contributed by atoms with E-state index in [9.17, 15) is 9.59 Å². The van der Waals surface area contributed by atoms with Gasteiger partial charge in [-0.2, -0.15) is 0 Å². The molecule has 1 aliphatic rings. The van der Waals surface area contributed by atoms with Crippen LogP contribution in [0.5, 0.6) is 0 Å². The van der Waals surface area contributed by atoms with E-state index in [2.05, 4.69) is 15.6 Å². The maximum atomic E-state index is 12.3. The number of aromatic nitrogens is 1. The molecule has 0 saturated carbocycles. The smallest absolute Gasteiger partial charge is 0.252 e. The first kappa shape index (κ1) is 12.9. The van der Waals surface area contributed by atoms with Crippen LogP contribution in [0.4, 0.5) is 0 Å². The third-order valence-electron chi connectivity index (χ3n) is 3.71. The molecule has 1 unspecified atom stereocenters. The van der Waals surface area contributed by atoms with Gasteiger partial charge in [0.2, 0.25) is 5.56 Å². The second kappa shape index (κ2) is 5.46. The van der Waals surface area contributed by atoms with Gasteiger partial charge in [-0.05, 0) is 31.5 Å². The molecule has 0 bridgehead atoms. The standard InChI is InChI=1S/C15H17N3O2/c19-14-7-12(11-3-1-2-4-13(11)18-14)15(20)17-9-10-5-6-16-8-10/h1-4,7,10,16H,5-6,8-9H2,(H,17,20)(H,18,19). The fourth-order valence-electron chi connectivity index (χ4n) is 2.61. The summed E-state index contributed by atoms with van der Waals surface area (Å²) < 4.78 is 0. The van der Waals surface area contributed by atoms with Gasteiger partial charge in [-0.15, -0.1) is 0 Å². The lowest BCUT2D eigenvalue weighted by molar-refractivity contribution is 0.0949. The van der Waals surface area contributed by atoms with Gasteiger partial charge in [-0.25, -0.2) is 0 Å². The summed E-state index contributed by atoms with van der Waals surface area (Å²) in [4.78, 5) is 26.6. The van der Waals surface area contributed by atoms with Gasteiger partial charge in [0, 0.05) is 23.5 Å². The number of amides is 1. The normalized spacial score (nSPS) is 18.3. The van der Waals surface area contributed by atoms with Crippen molar-refractivity contribution >= 4 is 16.8 Å². The highest BCUT2D eigenvalue weighted by Crippen LogP contribution is 2.14. The largest absolute Gasteiger partial charge is 0.352 e. The van der Waals surface area contributed by atoms with Crippen molar-refractivity contribution in [3.05, 3.63) is 46.2 Å². The molecule has 1 aromatic carbocycles. The Morgan fingerprint density at radius 3 is 3.00 bits per heavy atom. The Balaban J connectivity index is 1.85. The highest BCUT2D eigenvalue weighted by atomic mass is 16.2. The average Bonchev–Trinajstić information content (AvgIpc) is 2.97. The highest BCUT2D eigenvalue weighted by Gasteiger charge is 2.17. The van der Waals surface area contributed by atoms with Gasteiger partial charge in [-0.1, -0.05) is 18.2 Å². The second-order valence-corrected chi connectivity index (χ2v) is 5.16. The summed E-state index contributed by atoms with van der Waals surface area (Å²) in [7, 11) is 0. The van der Waals surface area contributed by atoms with Crippen LogP contribution in [-0.2, 0) is 0 Å². The highest BCUT2D eigenvalue weighted by molar-refractivity contribution is 6.05. The van der Waals surface area contributed by atoms with E-state index in [0.717, 1.165) is 24.9 Å². The minimum absolute atomic E-state index is 0.181.